The summed E-state index contributed by atoms with van der Waals surface area (Å²) in [5.41, 5.74) is 2.31. The van der Waals surface area contributed by atoms with E-state index in [1.54, 1.807) is 0 Å². The van der Waals surface area contributed by atoms with Gasteiger partial charge in [-0.1, -0.05) is 30.3 Å². The average Bonchev–Trinajstić information content (AvgIpc) is 2.60. The van der Waals surface area contributed by atoms with Crippen LogP contribution < -0.4 is 20.1 Å². The zero-order chi connectivity index (χ0) is 15.9. The molecule has 3 rings (SSSR count). The molecule has 0 aliphatic carbocycles. The molecule has 23 heavy (non-hydrogen) atoms. The topological polar surface area (TPSA) is 54.9 Å². The first-order chi connectivity index (χ1) is 11.4. The minimum absolute atomic E-state index is 0.534. The van der Waals surface area contributed by atoms with Crippen molar-refractivity contribution in [3.63, 3.8) is 0 Å². The minimum atomic E-state index is 0.534. The van der Waals surface area contributed by atoms with E-state index in [0.29, 0.717) is 26.3 Å². The third kappa shape index (κ3) is 3.94. The number of para-hydroxylation sites is 3. The van der Waals surface area contributed by atoms with Crippen LogP contribution in [0, 0.1) is 0 Å². The van der Waals surface area contributed by atoms with Gasteiger partial charge in [-0.05, 0) is 30.7 Å². The molecule has 1 aliphatic rings. The zero-order valence-electron chi connectivity index (χ0n) is 13.2. The van der Waals surface area contributed by atoms with Crippen LogP contribution in [-0.4, -0.2) is 25.7 Å². The van der Waals surface area contributed by atoms with Crippen molar-refractivity contribution >= 4 is 11.6 Å². The largest absolute Gasteiger partial charge is 0.490 e. The Morgan fingerprint density at radius 3 is 2.61 bits per heavy atom. The maximum absolute atomic E-state index is 5.78. The Balaban J connectivity index is 1.47. The molecule has 5 nitrogen and oxygen atoms in total. The van der Waals surface area contributed by atoms with E-state index < -0.39 is 0 Å². The summed E-state index contributed by atoms with van der Waals surface area (Å²) >= 11 is 0. The first-order valence-electron chi connectivity index (χ1n) is 7.84. The number of hydrogen-bond acceptors (Lipinski definition) is 5. The van der Waals surface area contributed by atoms with Crippen LogP contribution in [-0.2, 0) is 6.54 Å². The summed E-state index contributed by atoms with van der Waals surface area (Å²) in [6, 6.07) is 15.9. The second-order valence-corrected chi connectivity index (χ2v) is 5.10. The Morgan fingerprint density at radius 1 is 1.04 bits per heavy atom. The van der Waals surface area contributed by atoms with E-state index in [1.165, 1.54) is 5.56 Å². The third-order valence-electron chi connectivity index (χ3n) is 3.48. The van der Waals surface area contributed by atoms with Crippen molar-refractivity contribution in [1.82, 2.24) is 5.32 Å². The van der Waals surface area contributed by atoms with Gasteiger partial charge in [0, 0.05) is 5.69 Å². The van der Waals surface area contributed by atoms with Gasteiger partial charge < -0.3 is 20.1 Å². The van der Waals surface area contributed by atoms with E-state index in [-0.39, 0.29) is 0 Å². The highest BCUT2D eigenvalue weighted by atomic mass is 16.5. The summed E-state index contributed by atoms with van der Waals surface area (Å²) in [5.74, 6) is 2.32. The second kappa shape index (κ2) is 7.54. The van der Waals surface area contributed by atoms with Crippen LogP contribution in [0.5, 0.6) is 11.5 Å². The first kappa shape index (κ1) is 15.2. The van der Waals surface area contributed by atoms with Crippen molar-refractivity contribution < 1.29 is 9.47 Å². The van der Waals surface area contributed by atoms with E-state index >= 15 is 0 Å². The van der Waals surface area contributed by atoms with E-state index in [4.69, 9.17) is 9.47 Å². The van der Waals surface area contributed by atoms with Crippen LogP contribution in [0.15, 0.2) is 53.5 Å². The number of benzene rings is 2. The van der Waals surface area contributed by atoms with Crippen molar-refractivity contribution in [2.24, 2.45) is 4.99 Å². The number of rotatable bonds is 6. The van der Waals surface area contributed by atoms with Gasteiger partial charge in [0.05, 0.1) is 19.7 Å². The molecule has 0 radical (unpaired) electrons. The number of fused-ring (bicyclic) bond motifs is 1. The summed E-state index contributed by atoms with van der Waals surface area (Å²) in [4.78, 5) is 4.48. The van der Waals surface area contributed by atoms with Crippen LogP contribution in [0.25, 0.3) is 0 Å². The summed E-state index contributed by atoms with van der Waals surface area (Å²) in [7, 11) is 0. The third-order valence-corrected chi connectivity index (χ3v) is 3.48. The van der Waals surface area contributed by atoms with Gasteiger partial charge in [-0.2, -0.15) is 0 Å². The molecular weight excluding hydrogens is 290 g/mol. The van der Waals surface area contributed by atoms with Crippen LogP contribution >= 0.6 is 0 Å². The molecule has 2 aromatic rings. The summed E-state index contributed by atoms with van der Waals surface area (Å²) in [6.45, 7) is 4.47. The fourth-order valence-corrected chi connectivity index (χ4v) is 2.39. The molecule has 1 heterocycles. The average molecular weight is 311 g/mol. The molecular formula is C18H21N3O2. The molecule has 0 aromatic heterocycles. The molecule has 0 saturated carbocycles. The quantitative estimate of drug-likeness (QED) is 0.805. The Bertz CT molecular complexity index is 685. The zero-order valence-corrected chi connectivity index (χ0v) is 13.2. The van der Waals surface area contributed by atoms with E-state index in [9.17, 15) is 0 Å². The predicted molar refractivity (Wildman–Crippen MR) is 92.3 cm³/mol. The smallest absolute Gasteiger partial charge is 0.196 e. The van der Waals surface area contributed by atoms with Crippen molar-refractivity contribution in [2.45, 2.75) is 13.5 Å². The normalized spacial score (nSPS) is 12.7. The minimum Gasteiger partial charge on any atom is -0.490 e. The molecule has 1 aliphatic heterocycles. The second-order valence-electron chi connectivity index (χ2n) is 5.10. The van der Waals surface area contributed by atoms with Gasteiger partial charge in [-0.25, -0.2) is 4.99 Å². The number of nitrogens with zero attached hydrogens (tertiary/aromatic N) is 1. The molecule has 5 heteroatoms. The van der Waals surface area contributed by atoms with E-state index in [1.807, 2.05) is 43.3 Å². The highest BCUT2D eigenvalue weighted by Crippen LogP contribution is 2.26. The highest BCUT2D eigenvalue weighted by molar-refractivity contribution is 5.95. The molecule has 0 amide bonds. The van der Waals surface area contributed by atoms with Gasteiger partial charge in [0.15, 0.2) is 17.5 Å². The lowest BCUT2D eigenvalue weighted by atomic mass is 10.1. The fraction of sp³-hybridized carbons (Fsp3) is 0.278. The van der Waals surface area contributed by atoms with Gasteiger partial charge in [0.2, 0.25) is 0 Å². The number of anilines is 1. The molecule has 2 N–H and O–H groups in total. The Morgan fingerprint density at radius 2 is 1.78 bits per heavy atom. The monoisotopic (exact) mass is 311 g/mol. The SMILES string of the molecule is CCOc1ccccc1OCCNC1=NCc2ccccc2N1. The van der Waals surface area contributed by atoms with Crippen LogP contribution in [0.4, 0.5) is 5.69 Å². The molecule has 0 saturated heterocycles. The number of ether oxygens (including phenoxy) is 2. The maximum Gasteiger partial charge on any atom is 0.196 e. The number of hydrogen-bond donors (Lipinski definition) is 2. The van der Waals surface area contributed by atoms with Crippen molar-refractivity contribution in [2.75, 3.05) is 25.1 Å². The van der Waals surface area contributed by atoms with Gasteiger partial charge in [0.25, 0.3) is 0 Å². The maximum atomic E-state index is 5.78. The van der Waals surface area contributed by atoms with E-state index in [2.05, 4.69) is 27.8 Å². The first-order valence-corrected chi connectivity index (χ1v) is 7.84. The lowest BCUT2D eigenvalue weighted by Crippen LogP contribution is -2.35. The molecule has 2 aromatic carbocycles. The number of nitrogens with one attached hydrogen (secondary N) is 2. The lowest BCUT2D eigenvalue weighted by molar-refractivity contribution is 0.280. The van der Waals surface area contributed by atoms with Crippen LogP contribution in [0.1, 0.15) is 12.5 Å². The Labute approximate surface area is 136 Å². The summed E-state index contributed by atoms with van der Waals surface area (Å²) in [6.07, 6.45) is 0. The molecule has 0 spiro atoms. The molecule has 0 bridgehead atoms. The van der Waals surface area contributed by atoms with Gasteiger partial charge in [-0.15, -0.1) is 0 Å². The molecule has 0 atom stereocenters. The summed E-state index contributed by atoms with van der Waals surface area (Å²) in [5, 5.41) is 6.54. The molecule has 0 fully saturated rings. The highest BCUT2D eigenvalue weighted by Gasteiger charge is 2.10. The standard InChI is InChI=1S/C18H21N3O2/c1-2-22-16-9-5-6-10-17(16)23-12-11-19-18-20-13-14-7-3-4-8-15(14)21-18/h3-10H,2,11-13H2,1H3,(H2,19,20,21). The summed E-state index contributed by atoms with van der Waals surface area (Å²) < 4.78 is 11.3. The molecule has 0 unspecified atom stereocenters. The number of aliphatic imine (C=N–C) groups is 1. The molecule has 120 valence electrons. The van der Waals surface area contributed by atoms with Gasteiger partial charge in [-0.3, -0.25) is 0 Å². The van der Waals surface area contributed by atoms with Crippen LogP contribution in [0.2, 0.25) is 0 Å². The van der Waals surface area contributed by atoms with Gasteiger partial charge in [0.1, 0.15) is 6.61 Å². The van der Waals surface area contributed by atoms with Crippen molar-refractivity contribution in [1.29, 1.82) is 0 Å². The van der Waals surface area contributed by atoms with Crippen molar-refractivity contribution in [3.05, 3.63) is 54.1 Å². The fourth-order valence-electron chi connectivity index (χ4n) is 2.39. The Kier molecular flexibility index (Phi) is 4.99. The van der Waals surface area contributed by atoms with Crippen LogP contribution in [0.3, 0.4) is 0 Å². The predicted octanol–water partition coefficient (Wildman–Crippen LogP) is 3.04. The van der Waals surface area contributed by atoms with Crippen molar-refractivity contribution in [3.8, 4) is 11.5 Å². The van der Waals surface area contributed by atoms with E-state index in [0.717, 1.165) is 23.1 Å². The number of guanidine groups is 1. The van der Waals surface area contributed by atoms with Gasteiger partial charge >= 0.3 is 0 Å². The Hall–Kier alpha value is -2.69. The lowest BCUT2D eigenvalue weighted by Gasteiger charge is -2.19.